The molecule has 0 radical (unpaired) electrons. The van der Waals surface area contributed by atoms with Gasteiger partial charge in [-0.3, -0.25) is 4.79 Å². The third-order valence-corrected chi connectivity index (χ3v) is 5.09. The second kappa shape index (κ2) is 4.93. The highest BCUT2D eigenvalue weighted by Gasteiger charge is 2.25. The summed E-state index contributed by atoms with van der Waals surface area (Å²) in [6, 6.07) is 4.16. The summed E-state index contributed by atoms with van der Waals surface area (Å²) in [5.74, 6) is 0.695. The molecule has 94 valence electrons. The number of carbonyl (C=O) groups is 1. The van der Waals surface area contributed by atoms with E-state index in [-0.39, 0.29) is 5.41 Å². The Labute approximate surface area is 108 Å². The predicted octanol–water partition coefficient (Wildman–Crippen LogP) is 4.81. The van der Waals surface area contributed by atoms with Gasteiger partial charge in [-0.2, -0.15) is 0 Å². The first-order valence-electron chi connectivity index (χ1n) is 6.63. The number of ketones is 1. The SMILES string of the molecule is CC(C)(C)c1ccc(C(=O)C2CCCCC2)s1. The minimum absolute atomic E-state index is 0.162. The second-order valence-electron chi connectivity index (χ2n) is 6.11. The van der Waals surface area contributed by atoms with E-state index in [4.69, 9.17) is 0 Å². The highest BCUT2D eigenvalue weighted by molar-refractivity contribution is 7.14. The normalized spacial score (nSPS) is 18.3. The van der Waals surface area contributed by atoms with Gasteiger partial charge in [0.05, 0.1) is 4.88 Å². The average molecular weight is 250 g/mol. The van der Waals surface area contributed by atoms with Gasteiger partial charge < -0.3 is 0 Å². The van der Waals surface area contributed by atoms with Crippen molar-refractivity contribution in [1.82, 2.24) is 0 Å². The zero-order chi connectivity index (χ0) is 12.5. The minimum atomic E-state index is 0.162. The van der Waals surface area contributed by atoms with Crippen LogP contribution in [0.15, 0.2) is 12.1 Å². The van der Waals surface area contributed by atoms with Crippen LogP contribution in [0.25, 0.3) is 0 Å². The molecule has 1 aromatic heterocycles. The molecule has 0 saturated heterocycles. The molecule has 0 aromatic carbocycles. The van der Waals surface area contributed by atoms with Crippen molar-refractivity contribution in [3.05, 3.63) is 21.9 Å². The Morgan fingerprint density at radius 2 is 1.82 bits per heavy atom. The van der Waals surface area contributed by atoms with Crippen LogP contribution in [0.4, 0.5) is 0 Å². The third kappa shape index (κ3) is 2.98. The summed E-state index contributed by atoms with van der Waals surface area (Å²) >= 11 is 1.69. The summed E-state index contributed by atoms with van der Waals surface area (Å²) in [5.41, 5.74) is 0.162. The molecule has 0 unspecified atom stereocenters. The van der Waals surface area contributed by atoms with E-state index in [9.17, 15) is 4.79 Å². The second-order valence-corrected chi connectivity index (χ2v) is 7.20. The predicted molar refractivity (Wildman–Crippen MR) is 73.9 cm³/mol. The summed E-state index contributed by atoms with van der Waals surface area (Å²) in [7, 11) is 0. The Morgan fingerprint density at radius 1 is 1.18 bits per heavy atom. The maximum atomic E-state index is 12.4. The van der Waals surface area contributed by atoms with Gasteiger partial charge in [-0.25, -0.2) is 0 Å². The van der Waals surface area contributed by atoms with Gasteiger partial charge in [-0.1, -0.05) is 40.0 Å². The summed E-state index contributed by atoms with van der Waals surface area (Å²) < 4.78 is 0. The number of Topliss-reactive ketones (excluding diaryl/α,β-unsaturated/α-hetero) is 1. The molecule has 1 heterocycles. The smallest absolute Gasteiger partial charge is 0.175 e. The van der Waals surface area contributed by atoms with Crippen molar-refractivity contribution < 1.29 is 4.79 Å². The number of hydrogen-bond donors (Lipinski definition) is 0. The molecule has 2 heteroatoms. The first kappa shape index (κ1) is 12.8. The van der Waals surface area contributed by atoms with Crippen molar-refractivity contribution in [3.63, 3.8) is 0 Å². The van der Waals surface area contributed by atoms with Crippen LogP contribution >= 0.6 is 11.3 Å². The fourth-order valence-electron chi connectivity index (χ4n) is 2.44. The highest BCUT2D eigenvalue weighted by atomic mass is 32.1. The molecule has 17 heavy (non-hydrogen) atoms. The molecular weight excluding hydrogens is 228 g/mol. The number of carbonyl (C=O) groups excluding carboxylic acids is 1. The highest BCUT2D eigenvalue weighted by Crippen LogP contribution is 2.33. The first-order valence-corrected chi connectivity index (χ1v) is 7.44. The van der Waals surface area contributed by atoms with Crippen molar-refractivity contribution in [2.24, 2.45) is 5.92 Å². The lowest BCUT2D eigenvalue weighted by atomic mass is 9.86. The van der Waals surface area contributed by atoms with Crippen LogP contribution in [0, 0.1) is 5.92 Å². The molecule has 0 amide bonds. The van der Waals surface area contributed by atoms with Gasteiger partial charge in [0.15, 0.2) is 5.78 Å². The molecule has 1 fully saturated rings. The van der Waals surface area contributed by atoms with E-state index in [0.717, 1.165) is 17.7 Å². The Kier molecular flexibility index (Phi) is 3.72. The van der Waals surface area contributed by atoms with Crippen molar-refractivity contribution in [2.45, 2.75) is 58.3 Å². The molecule has 0 bridgehead atoms. The lowest BCUT2D eigenvalue weighted by Gasteiger charge is -2.19. The molecule has 1 nitrogen and oxygen atoms in total. The van der Waals surface area contributed by atoms with Crippen molar-refractivity contribution in [1.29, 1.82) is 0 Å². The van der Waals surface area contributed by atoms with E-state index >= 15 is 0 Å². The fraction of sp³-hybridized carbons (Fsp3) is 0.667. The van der Waals surface area contributed by atoms with Crippen LogP contribution in [0.3, 0.4) is 0 Å². The van der Waals surface area contributed by atoms with Gasteiger partial charge in [-0.15, -0.1) is 11.3 Å². The van der Waals surface area contributed by atoms with Gasteiger partial charge in [0.25, 0.3) is 0 Å². The lowest BCUT2D eigenvalue weighted by Crippen LogP contribution is -2.16. The maximum absolute atomic E-state index is 12.4. The molecule has 1 saturated carbocycles. The van der Waals surface area contributed by atoms with Gasteiger partial charge in [0, 0.05) is 10.8 Å². The zero-order valence-corrected chi connectivity index (χ0v) is 11.9. The van der Waals surface area contributed by atoms with Crippen LogP contribution in [-0.2, 0) is 5.41 Å². The number of rotatable bonds is 2. The number of hydrogen-bond acceptors (Lipinski definition) is 2. The van der Waals surface area contributed by atoms with E-state index < -0.39 is 0 Å². The minimum Gasteiger partial charge on any atom is -0.293 e. The Morgan fingerprint density at radius 3 is 2.35 bits per heavy atom. The first-order chi connectivity index (χ1) is 7.98. The largest absolute Gasteiger partial charge is 0.293 e. The molecule has 0 atom stereocenters. The quantitative estimate of drug-likeness (QED) is 0.688. The van der Waals surface area contributed by atoms with Crippen molar-refractivity contribution >= 4 is 17.1 Å². The monoisotopic (exact) mass is 250 g/mol. The van der Waals surface area contributed by atoms with Gasteiger partial charge >= 0.3 is 0 Å². The average Bonchev–Trinajstić information content (AvgIpc) is 2.78. The van der Waals surface area contributed by atoms with E-state index in [2.05, 4.69) is 26.8 Å². The molecule has 1 aliphatic carbocycles. The summed E-state index contributed by atoms with van der Waals surface area (Å²) in [5, 5.41) is 0. The van der Waals surface area contributed by atoms with E-state index in [1.807, 2.05) is 6.07 Å². The van der Waals surface area contributed by atoms with Crippen molar-refractivity contribution in [2.75, 3.05) is 0 Å². The Hall–Kier alpha value is -0.630. The van der Waals surface area contributed by atoms with E-state index in [1.165, 1.54) is 24.1 Å². The van der Waals surface area contributed by atoms with Crippen LogP contribution < -0.4 is 0 Å². The van der Waals surface area contributed by atoms with Crippen LogP contribution in [0.1, 0.15) is 67.4 Å². The van der Waals surface area contributed by atoms with Gasteiger partial charge in [-0.05, 0) is 30.4 Å². The van der Waals surface area contributed by atoms with Gasteiger partial charge in [0.2, 0.25) is 0 Å². The molecule has 1 aliphatic rings. The van der Waals surface area contributed by atoms with Crippen LogP contribution in [0.2, 0.25) is 0 Å². The summed E-state index contributed by atoms with van der Waals surface area (Å²) in [6.45, 7) is 6.61. The molecule has 1 aromatic rings. The Balaban J connectivity index is 2.11. The van der Waals surface area contributed by atoms with Gasteiger partial charge in [0.1, 0.15) is 0 Å². The zero-order valence-electron chi connectivity index (χ0n) is 11.1. The van der Waals surface area contributed by atoms with Crippen LogP contribution in [0.5, 0.6) is 0 Å². The molecule has 0 aliphatic heterocycles. The van der Waals surface area contributed by atoms with Crippen molar-refractivity contribution in [3.8, 4) is 0 Å². The Bertz CT molecular complexity index is 391. The summed E-state index contributed by atoms with van der Waals surface area (Å²) in [4.78, 5) is 14.6. The fourth-order valence-corrected chi connectivity index (χ4v) is 3.52. The molecule has 2 rings (SSSR count). The topological polar surface area (TPSA) is 17.1 Å². The van der Waals surface area contributed by atoms with E-state index in [0.29, 0.717) is 11.7 Å². The molecule has 0 N–H and O–H groups in total. The lowest BCUT2D eigenvalue weighted by molar-refractivity contribution is 0.0894. The third-order valence-electron chi connectivity index (χ3n) is 3.56. The number of thiophene rings is 1. The standard InChI is InChI=1S/C15H22OS/c1-15(2,3)13-10-9-12(17-13)14(16)11-7-5-4-6-8-11/h9-11H,4-8H2,1-3H3. The molecular formula is C15H22OS. The molecule has 0 spiro atoms. The maximum Gasteiger partial charge on any atom is 0.175 e. The van der Waals surface area contributed by atoms with Crippen LogP contribution in [-0.4, -0.2) is 5.78 Å². The van der Waals surface area contributed by atoms with E-state index in [1.54, 1.807) is 11.3 Å². The summed E-state index contributed by atoms with van der Waals surface area (Å²) in [6.07, 6.45) is 5.96.